The molecule has 1 atom stereocenters. The van der Waals surface area contributed by atoms with Crippen molar-refractivity contribution in [3.05, 3.63) is 46.2 Å². The fourth-order valence-electron chi connectivity index (χ4n) is 3.65. The van der Waals surface area contributed by atoms with E-state index in [-0.39, 0.29) is 11.7 Å². The summed E-state index contributed by atoms with van der Waals surface area (Å²) in [6, 6.07) is 4.12. The summed E-state index contributed by atoms with van der Waals surface area (Å²) in [6.45, 7) is 6.35. The van der Waals surface area contributed by atoms with Crippen LogP contribution >= 0.6 is 11.3 Å². The maximum absolute atomic E-state index is 6.10. The number of rotatable bonds is 5. The third-order valence-electron chi connectivity index (χ3n) is 4.73. The number of thiazole rings is 1. The molecule has 0 aliphatic carbocycles. The molecule has 2 saturated heterocycles. The molecular weight excluding hydrogens is 322 g/mol. The Morgan fingerprint density at radius 3 is 3.12 bits per heavy atom. The normalized spacial score (nSPS) is 23.3. The fraction of sp³-hybridized carbons (Fsp3) is 0.556. The van der Waals surface area contributed by atoms with Crippen LogP contribution in [0.5, 0.6) is 0 Å². The third-order valence-corrected chi connectivity index (χ3v) is 5.56. The van der Waals surface area contributed by atoms with Crippen molar-refractivity contribution < 1.29 is 9.47 Å². The number of likely N-dealkylation sites (tertiary alicyclic amines) is 1. The lowest BCUT2D eigenvalue weighted by molar-refractivity contribution is -0.200. The molecule has 5 nitrogen and oxygen atoms in total. The molecule has 0 amide bonds. The van der Waals surface area contributed by atoms with E-state index in [4.69, 9.17) is 9.47 Å². The Morgan fingerprint density at radius 2 is 2.38 bits per heavy atom. The minimum absolute atomic E-state index is 0.0108. The van der Waals surface area contributed by atoms with E-state index < -0.39 is 0 Å². The molecule has 4 heterocycles. The second kappa shape index (κ2) is 6.88. The zero-order chi connectivity index (χ0) is 16.4. The Labute approximate surface area is 146 Å². The lowest BCUT2D eigenvalue weighted by Gasteiger charge is -2.53. The Hall–Kier alpha value is -1.34. The van der Waals surface area contributed by atoms with E-state index in [0.717, 1.165) is 49.8 Å². The number of ether oxygens (including phenoxy) is 2. The zero-order valence-electron chi connectivity index (χ0n) is 14.0. The number of nitrogens with zero attached hydrogens (tertiary/aromatic N) is 3. The van der Waals surface area contributed by atoms with Crippen LogP contribution < -0.4 is 0 Å². The summed E-state index contributed by atoms with van der Waals surface area (Å²) < 4.78 is 12.2. The predicted molar refractivity (Wildman–Crippen MR) is 92.9 cm³/mol. The number of hydrogen-bond acceptors (Lipinski definition) is 6. The van der Waals surface area contributed by atoms with Crippen LogP contribution in [0, 0.1) is 6.92 Å². The second-order valence-corrected chi connectivity index (χ2v) is 7.88. The van der Waals surface area contributed by atoms with Crippen LogP contribution in [-0.4, -0.2) is 46.3 Å². The molecule has 1 unspecified atom stereocenters. The molecule has 24 heavy (non-hydrogen) atoms. The zero-order valence-corrected chi connectivity index (χ0v) is 14.8. The van der Waals surface area contributed by atoms with Crippen LogP contribution in [-0.2, 0) is 22.6 Å². The molecule has 0 radical (unpaired) electrons. The molecule has 2 aromatic rings. The van der Waals surface area contributed by atoms with E-state index in [1.54, 1.807) is 11.3 Å². The van der Waals surface area contributed by atoms with Crippen molar-refractivity contribution >= 4 is 11.3 Å². The summed E-state index contributed by atoms with van der Waals surface area (Å²) in [4.78, 5) is 11.1. The quantitative estimate of drug-likeness (QED) is 0.834. The number of pyridine rings is 1. The van der Waals surface area contributed by atoms with E-state index >= 15 is 0 Å². The summed E-state index contributed by atoms with van der Waals surface area (Å²) in [5.41, 5.74) is 2.29. The molecular formula is C18H23N3O2S. The van der Waals surface area contributed by atoms with E-state index in [0.29, 0.717) is 6.61 Å². The van der Waals surface area contributed by atoms with Gasteiger partial charge >= 0.3 is 0 Å². The molecule has 2 fully saturated rings. The van der Waals surface area contributed by atoms with Gasteiger partial charge in [-0.3, -0.25) is 9.88 Å². The average Bonchev–Trinajstić information content (AvgIpc) is 2.98. The van der Waals surface area contributed by atoms with Crippen LogP contribution in [0.25, 0.3) is 0 Å². The Morgan fingerprint density at radius 1 is 1.46 bits per heavy atom. The molecule has 0 saturated carbocycles. The number of aryl methyl sites for hydroxylation is 1. The highest BCUT2D eigenvalue weighted by Crippen LogP contribution is 2.36. The molecule has 6 heteroatoms. The summed E-state index contributed by atoms with van der Waals surface area (Å²) in [5.74, 6) is 0. The highest BCUT2D eigenvalue weighted by molar-refractivity contribution is 7.09. The van der Waals surface area contributed by atoms with Gasteiger partial charge in [-0.25, -0.2) is 4.98 Å². The van der Waals surface area contributed by atoms with Gasteiger partial charge in [-0.05, 0) is 25.0 Å². The molecule has 2 aliphatic heterocycles. The SMILES string of the molecule is Cc1nc(COC2CCOC3(C2)CN(Cc2cccnc2)C3)cs1. The van der Waals surface area contributed by atoms with Gasteiger partial charge in [0.1, 0.15) is 0 Å². The van der Waals surface area contributed by atoms with Gasteiger partial charge in [0, 0.05) is 50.4 Å². The van der Waals surface area contributed by atoms with E-state index in [1.807, 2.05) is 25.4 Å². The van der Waals surface area contributed by atoms with Crippen molar-refractivity contribution in [2.45, 2.75) is 44.6 Å². The standard InChI is InChI=1S/C18H23N3O2S/c1-14-20-16(11-24-14)10-22-17-4-6-23-18(7-17)12-21(13-18)9-15-3-2-5-19-8-15/h2-3,5,8,11,17H,4,6-7,9-10,12-13H2,1H3. The number of aromatic nitrogens is 2. The van der Waals surface area contributed by atoms with Gasteiger partial charge in [0.25, 0.3) is 0 Å². The van der Waals surface area contributed by atoms with Gasteiger partial charge in [-0.15, -0.1) is 11.3 Å². The van der Waals surface area contributed by atoms with Gasteiger partial charge in [0.05, 0.1) is 29.0 Å². The van der Waals surface area contributed by atoms with Crippen LogP contribution in [0.15, 0.2) is 29.9 Å². The van der Waals surface area contributed by atoms with Crippen LogP contribution in [0.4, 0.5) is 0 Å². The molecule has 4 rings (SSSR count). The Kier molecular flexibility index (Phi) is 4.63. The molecule has 1 spiro atoms. The van der Waals surface area contributed by atoms with Crippen LogP contribution in [0.1, 0.15) is 29.1 Å². The second-order valence-electron chi connectivity index (χ2n) is 6.82. The van der Waals surface area contributed by atoms with Crippen molar-refractivity contribution in [3.8, 4) is 0 Å². The first-order valence-corrected chi connectivity index (χ1v) is 9.37. The van der Waals surface area contributed by atoms with E-state index in [9.17, 15) is 0 Å². The fourth-order valence-corrected chi connectivity index (χ4v) is 4.25. The smallest absolute Gasteiger partial charge is 0.0959 e. The number of hydrogen-bond donors (Lipinski definition) is 0. The van der Waals surface area contributed by atoms with Gasteiger partial charge in [-0.2, -0.15) is 0 Å². The first-order valence-electron chi connectivity index (χ1n) is 8.49. The Bertz CT molecular complexity index is 670. The average molecular weight is 345 g/mol. The summed E-state index contributed by atoms with van der Waals surface area (Å²) in [7, 11) is 0. The molecule has 2 aliphatic rings. The van der Waals surface area contributed by atoms with E-state index in [1.165, 1.54) is 5.56 Å². The molecule has 2 aromatic heterocycles. The van der Waals surface area contributed by atoms with Crippen LogP contribution in [0.3, 0.4) is 0 Å². The first-order chi connectivity index (χ1) is 11.7. The van der Waals surface area contributed by atoms with Crippen molar-refractivity contribution in [2.24, 2.45) is 0 Å². The van der Waals surface area contributed by atoms with Crippen molar-refractivity contribution in [1.82, 2.24) is 14.9 Å². The first kappa shape index (κ1) is 16.1. The predicted octanol–water partition coefficient (Wildman–Crippen LogP) is 2.80. The minimum Gasteiger partial charge on any atom is -0.372 e. The third kappa shape index (κ3) is 3.67. The highest BCUT2D eigenvalue weighted by atomic mass is 32.1. The maximum Gasteiger partial charge on any atom is 0.0959 e. The van der Waals surface area contributed by atoms with Gasteiger partial charge in [-0.1, -0.05) is 6.07 Å². The summed E-state index contributed by atoms with van der Waals surface area (Å²) in [5, 5.41) is 3.19. The summed E-state index contributed by atoms with van der Waals surface area (Å²) >= 11 is 1.68. The minimum atomic E-state index is -0.0108. The highest BCUT2D eigenvalue weighted by Gasteiger charge is 2.47. The van der Waals surface area contributed by atoms with Gasteiger partial charge < -0.3 is 9.47 Å². The molecule has 0 N–H and O–H groups in total. The largest absolute Gasteiger partial charge is 0.372 e. The van der Waals surface area contributed by atoms with Crippen molar-refractivity contribution in [3.63, 3.8) is 0 Å². The summed E-state index contributed by atoms with van der Waals surface area (Å²) in [6.07, 6.45) is 6.00. The van der Waals surface area contributed by atoms with Gasteiger partial charge in [0.15, 0.2) is 0 Å². The molecule has 0 aromatic carbocycles. The Balaban J connectivity index is 1.26. The van der Waals surface area contributed by atoms with E-state index in [2.05, 4.69) is 26.3 Å². The monoisotopic (exact) mass is 345 g/mol. The van der Waals surface area contributed by atoms with Crippen molar-refractivity contribution in [1.29, 1.82) is 0 Å². The van der Waals surface area contributed by atoms with Crippen molar-refractivity contribution in [2.75, 3.05) is 19.7 Å². The maximum atomic E-state index is 6.10. The molecule has 128 valence electrons. The lowest BCUT2D eigenvalue weighted by Crippen LogP contribution is -2.65. The topological polar surface area (TPSA) is 47.5 Å². The molecule has 0 bridgehead atoms. The van der Waals surface area contributed by atoms with Gasteiger partial charge in [0.2, 0.25) is 0 Å². The van der Waals surface area contributed by atoms with Crippen LogP contribution in [0.2, 0.25) is 0 Å². The lowest BCUT2D eigenvalue weighted by atomic mass is 9.84.